The van der Waals surface area contributed by atoms with E-state index in [0.29, 0.717) is 22.3 Å². The minimum absolute atomic E-state index is 0.0719. The van der Waals surface area contributed by atoms with Crippen LogP contribution in [0, 0.1) is 10.1 Å². The van der Waals surface area contributed by atoms with Gasteiger partial charge in [0.15, 0.2) is 12.0 Å². The molecule has 2 aromatic rings. The summed E-state index contributed by atoms with van der Waals surface area (Å²) in [5.74, 6) is 1.01. The molecule has 0 fully saturated rings. The second-order valence-electron chi connectivity index (χ2n) is 3.61. The van der Waals surface area contributed by atoms with E-state index in [9.17, 15) is 14.9 Å². The van der Waals surface area contributed by atoms with Gasteiger partial charge in [-0.15, -0.1) is 0 Å². The molecule has 7 heteroatoms. The maximum atomic E-state index is 10.7. The van der Waals surface area contributed by atoms with Crippen LogP contribution in [-0.2, 0) is 6.61 Å². The van der Waals surface area contributed by atoms with E-state index in [-0.39, 0.29) is 18.1 Å². The lowest BCUT2D eigenvalue weighted by molar-refractivity contribution is -0.385. The van der Waals surface area contributed by atoms with Gasteiger partial charge in [0, 0.05) is 10.5 Å². The molecule has 6 nitrogen and oxygen atoms in total. The van der Waals surface area contributed by atoms with Crippen molar-refractivity contribution in [3.05, 3.63) is 56.4 Å². The summed E-state index contributed by atoms with van der Waals surface area (Å²) in [6.07, 6.45) is 0.591. The molecule has 1 heterocycles. The fraction of sp³-hybridized carbons (Fsp3) is 0.0833. The van der Waals surface area contributed by atoms with Crippen molar-refractivity contribution in [2.75, 3.05) is 0 Å². The Morgan fingerprint density at radius 3 is 2.79 bits per heavy atom. The largest absolute Gasteiger partial charge is 0.485 e. The van der Waals surface area contributed by atoms with Gasteiger partial charge in [0.1, 0.15) is 18.1 Å². The standard InChI is InChI=1S/C12H8BrNO5/c13-8-3-9(14(16)17)5-12(4-8)18-7-11-2-1-10(6-15)19-11/h1-6H,7H2. The van der Waals surface area contributed by atoms with E-state index < -0.39 is 4.92 Å². The van der Waals surface area contributed by atoms with Crippen molar-refractivity contribution in [2.45, 2.75) is 6.61 Å². The molecule has 2 rings (SSSR count). The fourth-order valence-electron chi connectivity index (χ4n) is 1.43. The number of nitro groups is 1. The second-order valence-corrected chi connectivity index (χ2v) is 4.53. The predicted octanol–water partition coefficient (Wildman–Crippen LogP) is 3.34. The van der Waals surface area contributed by atoms with Gasteiger partial charge >= 0.3 is 0 Å². The van der Waals surface area contributed by atoms with Gasteiger partial charge in [-0.1, -0.05) is 15.9 Å². The van der Waals surface area contributed by atoms with Crippen LogP contribution in [-0.4, -0.2) is 11.2 Å². The van der Waals surface area contributed by atoms with E-state index in [1.165, 1.54) is 18.2 Å². The zero-order valence-electron chi connectivity index (χ0n) is 9.54. The highest BCUT2D eigenvalue weighted by molar-refractivity contribution is 9.10. The lowest BCUT2D eigenvalue weighted by Gasteiger charge is -2.04. The maximum absolute atomic E-state index is 10.7. The van der Waals surface area contributed by atoms with Crippen molar-refractivity contribution < 1.29 is 18.9 Å². The second kappa shape index (κ2) is 5.66. The van der Waals surface area contributed by atoms with Crippen molar-refractivity contribution >= 4 is 27.9 Å². The van der Waals surface area contributed by atoms with Crippen LogP contribution in [0.25, 0.3) is 0 Å². The van der Waals surface area contributed by atoms with Gasteiger partial charge in [-0.05, 0) is 18.2 Å². The molecule has 0 saturated carbocycles. The number of rotatable bonds is 5. The number of ether oxygens (including phenoxy) is 1. The molecule has 19 heavy (non-hydrogen) atoms. The number of nitro benzene ring substituents is 1. The summed E-state index contributed by atoms with van der Waals surface area (Å²) in [7, 11) is 0. The normalized spacial score (nSPS) is 10.2. The average Bonchev–Trinajstić information content (AvgIpc) is 2.83. The lowest BCUT2D eigenvalue weighted by atomic mass is 10.3. The molecule has 0 bridgehead atoms. The van der Waals surface area contributed by atoms with Crippen molar-refractivity contribution in [3.63, 3.8) is 0 Å². The minimum Gasteiger partial charge on any atom is -0.485 e. The third-order valence-corrected chi connectivity index (χ3v) is 2.70. The van der Waals surface area contributed by atoms with E-state index in [1.54, 1.807) is 12.1 Å². The Morgan fingerprint density at radius 1 is 1.37 bits per heavy atom. The van der Waals surface area contributed by atoms with Gasteiger partial charge in [-0.3, -0.25) is 14.9 Å². The molecule has 0 unspecified atom stereocenters. The zero-order valence-corrected chi connectivity index (χ0v) is 11.1. The van der Waals surface area contributed by atoms with Gasteiger partial charge in [-0.25, -0.2) is 0 Å². The summed E-state index contributed by atoms with van der Waals surface area (Å²) in [5.41, 5.74) is -0.0719. The van der Waals surface area contributed by atoms with Crippen LogP contribution >= 0.6 is 15.9 Å². The number of hydrogen-bond acceptors (Lipinski definition) is 5. The van der Waals surface area contributed by atoms with Crippen molar-refractivity contribution in [1.82, 2.24) is 0 Å². The fourth-order valence-corrected chi connectivity index (χ4v) is 1.89. The highest BCUT2D eigenvalue weighted by Crippen LogP contribution is 2.26. The van der Waals surface area contributed by atoms with Gasteiger partial charge in [-0.2, -0.15) is 0 Å². The molecule has 98 valence electrons. The van der Waals surface area contributed by atoms with Crippen LogP contribution in [0.5, 0.6) is 5.75 Å². The Morgan fingerprint density at radius 2 is 2.16 bits per heavy atom. The Bertz CT molecular complexity index is 622. The SMILES string of the molecule is O=Cc1ccc(COc2cc(Br)cc([N+](=O)[O-])c2)o1. The first-order valence-electron chi connectivity index (χ1n) is 5.20. The van der Waals surface area contributed by atoms with Gasteiger partial charge < -0.3 is 9.15 Å². The van der Waals surface area contributed by atoms with E-state index in [2.05, 4.69) is 15.9 Å². The van der Waals surface area contributed by atoms with E-state index in [0.717, 1.165) is 0 Å². The molecule has 0 atom stereocenters. The molecule has 0 amide bonds. The summed E-state index contributed by atoms with van der Waals surface area (Å²) in [6, 6.07) is 7.43. The van der Waals surface area contributed by atoms with Crippen LogP contribution in [0.1, 0.15) is 16.3 Å². The highest BCUT2D eigenvalue weighted by Gasteiger charge is 2.10. The maximum Gasteiger partial charge on any atom is 0.274 e. The summed E-state index contributed by atoms with van der Waals surface area (Å²) in [5, 5.41) is 10.7. The van der Waals surface area contributed by atoms with E-state index in [1.807, 2.05) is 0 Å². The molecule has 0 radical (unpaired) electrons. The van der Waals surface area contributed by atoms with Crippen LogP contribution < -0.4 is 4.74 Å². The first-order chi connectivity index (χ1) is 9.08. The number of benzene rings is 1. The number of carbonyl (C=O) groups is 1. The first kappa shape index (κ1) is 13.3. The van der Waals surface area contributed by atoms with Gasteiger partial charge in [0.25, 0.3) is 5.69 Å². The number of halogens is 1. The minimum atomic E-state index is -0.505. The topological polar surface area (TPSA) is 82.6 Å². The number of carbonyl (C=O) groups excluding carboxylic acids is 1. The number of nitrogens with zero attached hydrogens (tertiary/aromatic N) is 1. The third kappa shape index (κ3) is 3.41. The predicted molar refractivity (Wildman–Crippen MR) is 69.2 cm³/mol. The van der Waals surface area contributed by atoms with Crippen molar-refractivity contribution in [1.29, 1.82) is 0 Å². The van der Waals surface area contributed by atoms with Crippen LogP contribution in [0.3, 0.4) is 0 Å². The smallest absolute Gasteiger partial charge is 0.274 e. The zero-order chi connectivity index (χ0) is 13.8. The van der Waals surface area contributed by atoms with E-state index >= 15 is 0 Å². The number of furan rings is 1. The van der Waals surface area contributed by atoms with Crippen LogP contribution in [0.2, 0.25) is 0 Å². The molecule has 1 aromatic heterocycles. The Kier molecular flexibility index (Phi) is 3.96. The monoisotopic (exact) mass is 325 g/mol. The Labute approximate surface area is 116 Å². The van der Waals surface area contributed by atoms with Crippen molar-refractivity contribution in [3.8, 4) is 5.75 Å². The number of aldehydes is 1. The Balaban J connectivity index is 2.10. The molecule has 0 saturated heterocycles. The molecule has 1 aromatic carbocycles. The molecule has 0 aliphatic carbocycles. The van der Waals surface area contributed by atoms with Gasteiger partial charge in [0.2, 0.25) is 0 Å². The molecule has 0 spiro atoms. The third-order valence-electron chi connectivity index (χ3n) is 2.25. The molecule has 0 N–H and O–H groups in total. The van der Waals surface area contributed by atoms with Gasteiger partial charge in [0.05, 0.1) is 11.0 Å². The molecular formula is C12H8BrNO5. The molecule has 0 aliphatic rings. The quantitative estimate of drug-likeness (QED) is 0.478. The van der Waals surface area contributed by atoms with Crippen molar-refractivity contribution in [2.24, 2.45) is 0 Å². The average molecular weight is 326 g/mol. The first-order valence-corrected chi connectivity index (χ1v) is 5.99. The summed E-state index contributed by atoms with van der Waals surface area (Å²) in [4.78, 5) is 20.6. The summed E-state index contributed by atoms with van der Waals surface area (Å²) in [6.45, 7) is 0.0848. The van der Waals surface area contributed by atoms with E-state index in [4.69, 9.17) is 9.15 Å². The lowest BCUT2D eigenvalue weighted by Crippen LogP contribution is -1.95. The molecular weight excluding hydrogens is 318 g/mol. The highest BCUT2D eigenvalue weighted by atomic mass is 79.9. The Hall–Kier alpha value is -2.15. The van der Waals surface area contributed by atoms with Crippen LogP contribution in [0.15, 0.2) is 39.2 Å². The summed E-state index contributed by atoms with van der Waals surface area (Å²) < 4.78 is 11.0. The van der Waals surface area contributed by atoms with Crippen LogP contribution in [0.4, 0.5) is 5.69 Å². The number of hydrogen-bond donors (Lipinski definition) is 0. The molecule has 0 aliphatic heterocycles. The number of non-ortho nitro benzene ring substituents is 1. The summed E-state index contributed by atoms with van der Waals surface area (Å²) >= 11 is 3.17.